The molecule has 11 heteroatoms. The molecule has 1 aromatic carbocycles. The molecule has 0 spiro atoms. The SMILES string of the molecule is CC(Sc1nnc(N2CCCC2)n1Cc1ccco1)C(=O)Nc1nc(-c2ccc(F)cc2)cs1. The Labute approximate surface area is 204 Å². The van der Waals surface area contributed by atoms with Gasteiger partial charge in [-0.1, -0.05) is 11.8 Å². The molecule has 1 amide bonds. The van der Waals surface area contributed by atoms with Crippen LogP contribution < -0.4 is 10.2 Å². The van der Waals surface area contributed by atoms with Crippen LogP contribution in [-0.2, 0) is 11.3 Å². The van der Waals surface area contributed by atoms with E-state index >= 15 is 0 Å². The maximum Gasteiger partial charge on any atom is 0.239 e. The number of hydrogen-bond donors (Lipinski definition) is 1. The molecule has 1 aliphatic heterocycles. The second-order valence-electron chi connectivity index (χ2n) is 7.94. The van der Waals surface area contributed by atoms with E-state index in [4.69, 9.17) is 4.42 Å². The highest BCUT2D eigenvalue weighted by Crippen LogP contribution is 2.30. The van der Waals surface area contributed by atoms with Gasteiger partial charge in [0.2, 0.25) is 11.9 Å². The van der Waals surface area contributed by atoms with Crippen LogP contribution in [0.3, 0.4) is 0 Å². The second kappa shape index (κ2) is 9.98. The number of thiazole rings is 1. The molecule has 176 valence electrons. The molecule has 0 bridgehead atoms. The molecule has 5 rings (SSSR count). The van der Waals surface area contributed by atoms with Crippen molar-refractivity contribution in [2.24, 2.45) is 0 Å². The van der Waals surface area contributed by atoms with E-state index in [0.717, 1.165) is 43.2 Å². The molecule has 4 heterocycles. The minimum Gasteiger partial charge on any atom is -0.467 e. The largest absolute Gasteiger partial charge is 0.467 e. The third kappa shape index (κ3) is 5.00. The number of aromatic nitrogens is 4. The molecule has 4 aromatic rings. The highest BCUT2D eigenvalue weighted by atomic mass is 32.2. The van der Waals surface area contributed by atoms with E-state index in [1.54, 1.807) is 18.4 Å². The van der Waals surface area contributed by atoms with Crippen LogP contribution in [0.2, 0.25) is 0 Å². The van der Waals surface area contributed by atoms with Crippen molar-refractivity contribution in [3.8, 4) is 11.3 Å². The van der Waals surface area contributed by atoms with Gasteiger partial charge in [0.05, 0.1) is 23.8 Å². The topological polar surface area (TPSA) is 89.1 Å². The first-order valence-corrected chi connectivity index (χ1v) is 12.7. The van der Waals surface area contributed by atoms with E-state index in [1.165, 1.54) is 35.2 Å². The van der Waals surface area contributed by atoms with Gasteiger partial charge in [0.1, 0.15) is 11.6 Å². The summed E-state index contributed by atoms with van der Waals surface area (Å²) in [5.41, 5.74) is 1.48. The number of carbonyl (C=O) groups is 1. The summed E-state index contributed by atoms with van der Waals surface area (Å²) in [7, 11) is 0. The van der Waals surface area contributed by atoms with Crippen molar-refractivity contribution in [2.75, 3.05) is 23.3 Å². The zero-order valence-corrected chi connectivity index (χ0v) is 20.1. The van der Waals surface area contributed by atoms with E-state index in [9.17, 15) is 9.18 Å². The molecule has 1 unspecified atom stereocenters. The lowest BCUT2D eigenvalue weighted by Crippen LogP contribution is -2.24. The van der Waals surface area contributed by atoms with Crippen molar-refractivity contribution in [3.05, 3.63) is 59.6 Å². The Morgan fingerprint density at radius 1 is 1.24 bits per heavy atom. The van der Waals surface area contributed by atoms with Crippen LogP contribution in [-0.4, -0.2) is 44.0 Å². The average Bonchev–Trinajstić information content (AvgIpc) is 3.64. The Kier molecular flexibility index (Phi) is 6.63. The fourth-order valence-electron chi connectivity index (χ4n) is 3.72. The van der Waals surface area contributed by atoms with Crippen LogP contribution in [0.15, 0.2) is 57.6 Å². The van der Waals surface area contributed by atoms with Gasteiger partial charge in [0, 0.05) is 24.0 Å². The Morgan fingerprint density at radius 2 is 2.03 bits per heavy atom. The molecular weight excluding hydrogens is 475 g/mol. The van der Waals surface area contributed by atoms with Crippen molar-refractivity contribution >= 4 is 40.1 Å². The van der Waals surface area contributed by atoms with Gasteiger partial charge in [-0.3, -0.25) is 9.36 Å². The molecule has 0 radical (unpaired) electrons. The van der Waals surface area contributed by atoms with Gasteiger partial charge in [-0.05, 0) is 56.2 Å². The lowest BCUT2D eigenvalue weighted by atomic mass is 10.2. The summed E-state index contributed by atoms with van der Waals surface area (Å²) in [6.07, 6.45) is 3.90. The van der Waals surface area contributed by atoms with Crippen molar-refractivity contribution < 1.29 is 13.6 Å². The van der Waals surface area contributed by atoms with Crippen molar-refractivity contribution in [3.63, 3.8) is 0 Å². The molecule has 1 saturated heterocycles. The molecular formula is C23H23FN6O2S2. The summed E-state index contributed by atoms with van der Waals surface area (Å²) in [6, 6.07) is 9.88. The van der Waals surface area contributed by atoms with Crippen LogP contribution in [0.4, 0.5) is 15.5 Å². The summed E-state index contributed by atoms with van der Waals surface area (Å²) in [4.78, 5) is 19.6. The number of hydrogen-bond acceptors (Lipinski definition) is 8. The molecule has 1 aliphatic rings. The van der Waals surface area contributed by atoms with Crippen molar-refractivity contribution in [1.29, 1.82) is 0 Å². The van der Waals surface area contributed by atoms with Crippen LogP contribution >= 0.6 is 23.1 Å². The summed E-state index contributed by atoms with van der Waals surface area (Å²) < 4.78 is 20.7. The Balaban J connectivity index is 1.28. The zero-order chi connectivity index (χ0) is 23.5. The number of benzene rings is 1. The predicted octanol–water partition coefficient (Wildman–Crippen LogP) is 4.90. The summed E-state index contributed by atoms with van der Waals surface area (Å²) in [5, 5.41) is 14.3. The number of thioether (sulfide) groups is 1. The zero-order valence-electron chi connectivity index (χ0n) is 18.5. The van der Waals surface area contributed by atoms with E-state index in [-0.39, 0.29) is 11.7 Å². The molecule has 1 N–H and O–H groups in total. The average molecular weight is 499 g/mol. The van der Waals surface area contributed by atoms with Gasteiger partial charge in [0.25, 0.3) is 0 Å². The van der Waals surface area contributed by atoms with Crippen molar-refractivity contribution in [1.82, 2.24) is 19.7 Å². The highest BCUT2D eigenvalue weighted by Gasteiger charge is 2.25. The van der Waals surface area contributed by atoms with Crippen LogP contribution in [0.5, 0.6) is 0 Å². The monoisotopic (exact) mass is 498 g/mol. The van der Waals surface area contributed by atoms with Gasteiger partial charge in [-0.15, -0.1) is 21.5 Å². The first-order valence-electron chi connectivity index (χ1n) is 11.0. The van der Waals surface area contributed by atoms with Crippen LogP contribution in [0.1, 0.15) is 25.5 Å². The van der Waals surface area contributed by atoms with Crippen LogP contribution in [0, 0.1) is 5.82 Å². The van der Waals surface area contributed by atoms with E-state index in [2.05, 4.69) is 25.4 Å². The normalized spacial score (nSPS) is 14.5. The number of carbonyl (C=O) groups excluding carboxylic acids is 1. The number of anilines is 2. The number of nitrogens with zero attached hydrogens (tertiary/aromatic N) is 5. The van der Waals surface area contributed by atoms with E-state index in [0.29, 0.717) is 22.5 Å². The summed E-state index contributed by atoms with van der Waals surface area (Å²) in [5.74, 6) is 1.12. The first kappa shape index (κ1) is 22.6. The molecule has 3 aromatic heterocycles. The quantitative estimate of drug-likeness (QED) is 0.346. The lowest BCUT2D eigenvalue weighted by molar-refractivity contribution is -0.115. The minimum absolute atomic E-state index is 0.180. The van der Waals surface area contributed by atoms with Gasteiger partial charge in [0.15, 0.2) is 10.3 Å². The lowest BCUT2D eigenvalue weighted by Gasteiger charge is -2.18. The minimum atomic E-state index is -0.427. The maximum absolute atomic E-state index is 13.2. The number of halogens is 1. The third-order valence-electron chi connectivity index (χ3n) is 5.51. The number of furan rings is 1. The van der Waals surface area contributed by atoms with E-state index < -0.39 is 5.25 Å². The number of nitrogens with one attached hydrogen (secondary N) is 1. The predicted molar refractivity (Wildman–Crippen MR) is 131 cm³/mol. The highest BCUT2D eigenvalue weighted by molar-refractivity contribution is 8.00. The van der Waals surface area contributed by atoms with E-state index in [1.807, 2.05) is 29.0 Å². The van der Waals surface area contributed by atoms with Gasteiger partial charge < -0.3 is 14.6 Å². The summed E-state index contributed by atoms with van der Waals surface area (Å²) >= 11 is 2.68. The molecule has 0 aliphatic carbocycles. The standard InChI is InChI=1S/C23H23FN6O2S2/c1-15(20(31)26-21-25-19(14-33-21)16-6-8-17(24)9-7-16)34-23-28-27-22(29-10-2-3-11-29)30(23)13-18-5-4-12-32-18/h4-9,12,14-15H,2-3,10-11,13H2,1H3,(H,25,26,31). The van der Waals surface area contributed by atoms with Crippen LogP contribution in [0.25, 0.3) is 11.3 Å². The van der Waals surface area contributed by atoms with Crippen molar-refractivity contribution in [2.45, 2.75) is 36.7 Å². The Hall–Kier alpha value is -3.18. The summed E-state index contributed by atoms with van der Waals surface area (Å²) in [6.45, 7) is 4.21. The fourth-order valence-corrected chi connectivity index (χ4v) is 5.29. The third-order valence-corrected chi connectivity index (χ3v) is 7.34. The molecule has 1 atom stereocenters. The van der Waals surface area contributed by atoms with Gasteiger partial charge in [-0.2, -0.15) is 0 Å². The molecule has 8 nitrogen and oxygen atoms in total. The van der Waals surface area contributed by atoms with Gasteiger partial charge >= 0.3 is 0 Å². The maximum atomic E-state index is 13.2. The molecule has 0 saturated carbocycles. The second-order valence-corrected chi connectivity index (χ2v) is 10.1. The smallest absolute Gasteiger partial charge is 0.239 e. The molecule has 1 fully saturated rings. The number of amides is 1. The Morgan fingerprint density at radius 3 is 2.76 bits per heavy atom. The first-order chi connectivity index (χ1) is 16.6. The number of rotatable bonds is 8. The Bertz CT molecular complexity index is 1250. The molecule has 34 heavy (non-hydrogen) atoms. The fraction of sp³-hybridized carbons (Fsp3) is 0.304. The van der Waals surface area contributed by atoms with Gasteiger partial charge in [-0.25, -0.2) is 9.37 Å².